The van der Waals surface area contributed by atoms with Crippen molar-refractivity contribution in [2.45, 2.75) is 18.9 Å². The number of H-pyrrole nitrogens is 1. The maximum atomic E-state index is 9.49. The first kappa shape index (κ1) is 19.0. The predicted molar refractivity (Wildman–Crippen MR) is 123 cm³/mol. The minimum absolute atomic E-state index is 0.209. The van der Waals surface area contributed by atoms with Crippen LogP contribution in [0.5, 0.6) is 5.75 Å². The van der Waals surface area contributed by atoms with Crippen molar-refractivity contribution in [3.63, 3.8) is 0 Å². The van der Waals surface area contributed by atoms with Crippen LogP contribution in [0.1, 0.15) is 18.5 Å². The van der Waals surface area contributed by atoms with E-state index in [1.807, 2.05) is 66.9 Å². The summed E-state index contributed by atoms with van der Waals surface area (Å²) in [5.74, 6) is 1.59. The lowest BCUT2D eigenvalue weighted by atomic mass is 10.1. The second-order valence-corrected chi connectivity index (χ2v) is 7.73. The Morgan fingerprint density at radius 2 is 1.87 bits per heavy atom. The number of aromatic nitrogens is 2. The molecule has 0 saturated carbocycles. The van der Waals surface area contributed by atoms with Crippen LogP contribution in [0.15, 0.2) is 72.9 Å². The molecule has 0 radical (unpaired) electrons. The van der Waals surface area contributed by atoms with Gasteiger partial charge in [0.1, 0.15) is 29.4 Å². The van der Waals surface area contributed by atoms with E-state index in [2.05, 4.69) is 32.3 Å². The second kappa shape index (κ2) is 8.41. The highest BCUT2D eigenvalue weighted by Gasteiger charge is 2.21. The highest BCUT2D eigenvalue weighted by Crippen LogP contribution is 2.27. The van der Waals surface area contributed by atoms with Crippen LogP contribution < -0.4 is 15.0 Å². The first-order chi connectivity index (χ1) is 15.3. The number of rotatable bonds is 5. The van der Waals surface area contributed by atoms with Crippen molar-refractivity contribution in [2.75, 3.05) is 23.3 Å². The third kappa shape index (κ3) is 4.31. The Morgan fingerprint density at radius 3 is 2.68 bits per heavy atom. The largest absolute Gasteiger partial charge is 0.490 e. The number of nitriles is 1. The molecule has 0 atom stereocenters. The van der Waals surface area contributed by atoms with E-state index in [4.69, 9.17) is 4.74 Å². The van der Waals surface area contributed by atoms with Gasteiger partial charge in [0.2, 0.25) is 0 Å². The molecular formula is C25H23N5O. The number of benzene rings is 2. The van der Waals surface area contributed by atoms with Gasteiger partial charge in [-0.3, -0.25) is 0 Å². The number of para-hydroxylation sites is 1. The number of nitrogens with one attached hydrogen (secondary N) is 2. The van der Waals surface area contributed by atoms with Crippen LogP contribution in [0.3, 0.4) is 0 Å². The molecule has 6 heteroatoms. The van der Waals surface area contributed by atoms with Crippen molar-refractivity contribution in [3.05, 3.63) is 78.6 Å². The van der Waals surface area contributed by atoms with Crippen LogP contribution in [0, 0.1) is 11.3 Å². The molecule has 5 rings (SSSR count). The molecule has 0 bridgehead atoms. The monoisotopic (exact) mass is 409 g/mol. The quantitative estimate of drug-likeness (QED) is 0.472. The van der Waals surface area contributed by atoms with Crippen LogP contribution >= 0.6 is 0 Å². The number of pyridine rings is 1. The molecule has 0 amide bonds. The van der Waals surface area contributed by atoms with Gasteiger partial charge in [0.05, 0.1) is 0 Å². The number of nitrogens with zero attached hydrogens (tertiary/aromatic N) is 3. The Hall–Kier alpha value is -3.98. The van der Waals surface area contributed by atoms with Crippen LogP contribution in [0.25, 0.3) is 10.9 Å². The summed E-state index contributed by atoms with van der Waals surface area (Å²) in [6, 6.07) is 24.2. The smallest absolute Gasteiger partial charge is 0.144 e. The van der Waals surface area contributed by atoms with Crippen LogP contribution in [0.4, 0.5) is 17.2 Å². The van der Waals surface area contributed by atoms with Crippen LogP contribution in [-0.4, -0.2) is 29.2 Å². The molecular weight excluding hydrogens is 386 g/mol. The van der Waals surface area contributed by atoms with Crippen molar-refractivity contribution in [1.82, 2.24) is 9.97 Å². The maximum Gasteiger partial charge on any atom is 0.144 e. The fraction of sp³-hybridized carbons (Fsp3) is 0.200. The molecule has 0 unspecified atom stereocenters. The summed E-state index contributed by atoms with van der Waals surface area (Å²) in [7, 11) is 0. The van der Waals surface area contributed by atoms with Crippen LogP contribution in [0.2, 0.25) is 0 Å². The summed E-state index contributed by atoms with van der Waals surface area (Å²) in [6.07, 6.45) is 4.00. The van der Waals surface area contributed by atoms with Gasteiger partial charge in [0.15, 0.2) is 0 Å². The maximum absolute atomic E-state index is 9.49. The number of hydrogen-bond donors (Lipinski definition) is 2. The number of ether oxygens (including phenoxy) is 1. The summed E-state index contributed by atoms with van der Waals surface area (Å²) in [5.41, 5.74) is 3.40. The predicted octanol–water partition coefficient (Wildman–Crippen LogP) is 5.23. The molecule has 154 valence electrons. The van der Waals surface area contributed by atoms with Gasteiger partial charge in [0.25, 0.3) is 0 Å². The number of piperidine rings is 1. The van der Waals surface area contributed by atoms with Gasteiger partial charge in [-0.25, -0.2) is 4.98 Å². The molecule has 2 aromatic heterocycles. The number of anilines is 3. The topological polar surface area (TPSA) is 77.0 Å². The van der Waals surface area contributed by atoms with Gasteiger partial charge in [-0.05, 0) is 41.8 Å². The van der Waals surface area contributed by atoms with Gasteiger partial charge in [0, 0.05) is 55.1 Å². The van der Waals surface area contributed by atoms with Crippen molar-refractivity contribution in [2.24, 2.45) is 0 Å². The molecule has 0 spiro atoms. The van der Waals surface area contributed by atoms with E-state index in [1.54, 1.807) is 0 Å². The Bertz CT molecular complexity index is 1220. The first-order valence-corrected chi connectivity index (χ1v) is 10.5. The van der Waals surface area contributed by atoms with Gasteiger partial charge >= 0.3 is 0 Å². The average molecular weight is 409 g/mol. The molecule has 1 aliphatic heterocycles. The Kier molecular flexibility index (Phi) is 5.16. The summed E-state index contributed by atoms with van der Waals surface area (Å²) in [5, 5.41) is 14.0. The van der Waals surface area contributed by atoms with Crippen molar-refractivity contribution >= 4 is 28.1 Å². The normalized spacial score (nSPS) is 14.4. The van der Waals surface area contributed by atoms with Gasteiger partial charge in [-0.1, -0.05) is 24.3 Å². The zero-order valence-corrected chi connectivity index (χ0v) is 17.1. The molecule has 4 aromatic rings. The van der Waals surface area contributed by atoms with E-state index < -0.39 is 0 Å². The zero-order valence-electron chi connectivity index (χ0n) is 17.1. The Morgan fingerprint density at radius 1 is 1.03 bits per heavy atom. The number of fused-ring (bicyclic) bond motifs is 1. The lowest BCUT2D eigenvalue weighted by Crippen LogP contribution is -2.38. The Balaban J connectivity index is 1.30. The summed E-state index contributed by atoms with van der Waals surface area (Å²) in [4.78, 5) is 9.97. The summed E-state index contributed by atoms with van der Waals surface area (Å²) < 4.78 is 6.11. The molecule has 1 saturated heterocycles. The van der Waals surface area contributed by atoms with Gasteiger partial charge in [-0.2, -0.15) is 5.26 Å². The molecule has 6 nitrogen and oxygen atoms in total. The second-order valence-electron chi connectivity index (χ2n) is 7.73. The van der Waals surface area contributed by atoms with Crippen molar-refractivity contribution < 1.29 is 4.74 Å². The first-order valence-electron chi connectivity index (χ1n) is 10.5. The SMILES string of the molecule is N#Cc1cc(N2CCC(Oc3ccccc3)CC2)cc(Nc2ccc3cc[nH]c3c2)n1. The summed E-state index contributed by atoms with van der Waals surface area (Å²) in [6.45, 7) is 1.75. The molecule has 2 N–H and O–H groups in total. The number of hydrogen-bond acceptors (Lipinski definition) is 5. The minimum Gasteiger partial charge on any atom is -0.490 e. The standard InChI is InChI=1S/C25H23N5O/c26-17-20-14-21(30-12-9-23(10-13-30)31-22-4-2-1-3-5-22)16-25(29-20)28-19-7-6-18-8-11-27-24(18)15-19/h1-8,11,14-16,23,27H,9-10,12-13H2,(H,28,29). The summed E-state index contributed by atoms with van der Waals surface area (Å²) >= 11 is 0. The molecule has 2 aromatic carbocycles. The van der Waals surface area contributed by atoms with E-state index in [0.717, 1.165) is 54.0 Å². The van der Waals surface area contributed by atoms with Gasteiger partial charge in [-0.15, -0.1) is 0 Å². The van der Waals surface area contributed by atoms with E-state index >= 15 is 0 Å². The van der Waals surface area contributed by atoms with E-state index in [0.29, 0.717) is 11.5 Å². The average Bonchev–Trinajstić information content (AvgIpc) is 3.28. The third-order valence-corrected chi connectivity index (χ3v) is 5.61. The Labute approximate surface area is 181 Å². The fourth-order valence-electron chi connectivity index (χ4n) is 4.02. The minimum atomic E-state index is 0.209. The van der Waals surface area contributed by atoms with Crippen molar-refractivity contribution in [3.8, 4) is 11.8 Å². The fourth-order valence-corrected chi connectivity index (χ4v) is 4.02. The van der Waals surface area contributed by atoms with E-state index in [9.17, 15) is 5.26 Å². The molecule has 1 fully saturated rings. The lowest BCUT2D eigenvalue weighted by molar-refractivity contribution is 0.171. The number of aromatic amines is 1. The van der Waals surface area contributed by atoms with Crippen LogP contribution in [-0.2, 0) is 0 Å². The van der Waals surface area contributed by atoms with E-state index in [1.165, 1.54) is 0 Å². The molecule has 3 heterocycles. The molecule has 1 aliphatic rings. The van der Waals surface area contributed by atoms with Crippen molar-refractivity contribution in [1.29, 1.82) is 5.26 Å². The highest BCUT2D eigenvalue weighted by atomic mass is 16.5. The lowest BCUT2D eigenvalue weighted by Gasteiger charge is -2.34. The van der Waals surface area contributed by atoms with Gasteiger partial charge < -0.3 is 19.9 Å². The van der Waals surface area contributed by atoms with E-state index in [-0.39, 0.29) is 6.10 Å². The molecule has 0 aliphatic carbocycles. The molecule has 31 heavy (non-hydrogen) atoms. The zero-order chi connectivity index (χ0) is 21.0. The third-order valence-electron chi connectivity index (χ3n) is 5.61. The highest BCUT2D eigenvalue weighted by molar-refractivity contribution is 5.83.